The van der Waals surface area contributed by atoms with Gasteiger partial charge in [0.25, 0.3) is 0 Å². The van der Waals surface area contributed by atoms with Crippen LogP contribution in [0.5, 0.6) is 5.75 Å². The molecular formula is C20H14F5NO. The Labute approximate surface area is 152 Å². The van der Waals surface area contributed by atoms with Gasteiger partial charge in [0.2, 0.25) is 0 Å². The number of nitrogens with two attached hydrogens (primary N) is 1. The molecule has 0 saturated heterocycles. The van der Waals surface area contributed by atoms with E-state index in [0.717, 1.165) is 24.3 Å². The second kappa shape index (κ2) is 7.75. The molecule has 0 bridgehead atoms. The minimum Gasteiger partial charge on any atom is -0.483 e. The molecule has 0 fully saturated rings. The van der Waals surface area contributed by atoms with Gasteiger partial charge in [-0.2, -0.15) is 0 Å². The fourth-order valence-corrected chi connectivity index (χ4v) is 2.54. The molecule has 7 heteroatoms. The topological polar surface area (TPSA) is 35.2 Å². The van der Waals surface area contributed by atoms with Crippen LogP contribution in [0.1, 0.15) is 11.1 Å². The molecule has 0 saturated carbocycles. The predicted molar refractivity (Wildman–Crippen MR) is 90.3 cm³/mol. The molecule has 3 aromatic rings. The van der Waals surface area contributed by atoms with Crippen molar-refractivity contribution in [1.29, 1.82) is 0 Å². The third-order valence-corrected chi connectivity index (χ3v) is 3.95. The fourth-order valence-electron chi connectivity index (χ4n) is 2.54. The zero-order valence-electron chi connectivity index (χ0n) is 13.9. The fraction of sp³-hybridized carbons (Fsp3) is 0.100. The maximum absolute atomic E-state index is 13.9. The van der Waals surface area contributed by atoms with E-state index in [9.17, 15) is 22.0 Å². The van der Waals surface area contributed by atoms with Crippen LogP contribution in [0.15, 0.2) is 48.5 Å². The first-order valence-corrected chi connectivity index (χ1v) is 7.93. The van der Waals surface area contributed by atoms with Gasteiger partial charge in [-0.1, -0.05) is 24.3 Å². The minimum absolute atomic E-state index is 0.000155. The lowest BCUT2D eigenvalue weighted by molar-refractivity contribution is 0.274. The number of hydrogen-bond donors (Lipinski definition) is 1. The number of rotatable bonds is 5. The summed E-state index contributed by atoms with van der Waals surface area (Å²) in [7, 11) is 0. The average Bonchev–Trinajstić information content (AvgIpc) is 2.65. The van der Waals surface area contributed by atoms with Gasteiger partial charge in [-0.15, -0.1) is 0 Å². The van der Waals surface area contributed by atoms with E-state index in [4.69, 9.17) is 10.5 Å². The van der Waals surface area contributed by atoms with Gasteiger partial charge in [0.05, 0.1) is 0 Å². The van der Waals surface area contributed by atoms with Crippen molar-refractivity contribution in [3.63, 3.8) is 0 Å². The summed E-state index contributed by atoms with van der Waals surface area (Å²) in [6, 6.07) is 10.2. The van der Waals surface area contributed by atoms with E-state index in [2.05, 4.69) is 0 Å². The van der Waals surface area contributed by atoms with E-state index in [-0.39, 0.29) is 18.7 Å². The highest BCUT2D eigenvalue weighted by atomic mass is 19.2. The van der Waals surface area contributed by atoms with Gasteiger partial charge in [-0.3, -0.25) is 0 Å². The van der Waals surface area contributed by atoms with Gasteiger partial charge in [0.15, 0.2) is 34.8 Å². The smallest absolute Gasteiger partial charge is 0.194 e. The number of halogens is 5. The molecular weight excluding hydrogens is 365 g/mol. The molecule has 0 amide bonds. The van der Waals surface area contributed by atoms with Gasteiger partial charge in [-0.25, -0.2) is 22.0 Å². The first-order valence-electron chi connectivity index (χ1n) is 7.93. The largest absolute Gasteiger partial charge is 0.483 e. The lowest BCUT2D eigenvalue weighted by Gasteiger charge is -2.10. The molecule has 0 aliphatic carbocycles. The number of benzene rings is 3. The standard InChI is InChI=1S/C20H14F5NO/c21-15-7-14(8-16(22)19(15)25)13-3-1-11(2-4-13)10-27-20-17(23)5-12(9-26)6-18(20)24/h1-8H,9-10,26H2. The Hall–Kier alpha value is -2.93. The highest BCUT2D eigenvalue weighted by molar-refractivity contribution is 5.63. The second-order valence-electron chi connectivity index (χ2n) is 5.83. The molecule has 140 valence electrons. The van der Waals surface area contributed by atoms with Crippen LogP contribution in [0.25, 0.3) is 11.1 Å². The molecule has 3 rings (SSSR count). The molecule has 0 aromatic heterocycles. The molecule has 0 unspecified atom stereocenters. The average molecular weight is 379 g/mol. The lowest BCUT2D eigenvalue weighted by atomic mass is 10.0. The molecule has 0 radical (unpaired) electrons. The maximum atomic E-state index is 13.9. The maximum Gasteiger partial charge on any atom is 0.194 e. The quantitative estimate of drug-likeness (QED) is 0.495. The molecule has 2 nitrogen and oxygen atoms in total. The third-order valence-electron chi connectivity index (χ3n) is 3.95. The molecule has 3 aromatic carbocycles. The summed E-state index contributed by atoms with van der Waals surface area (Å²) >= 11 is 0. The summed E-state index contributed by atoms with van der Waals surface area (Å²) in [5, 5.41) is 0. The van der Waals surface area contributed by atoms with Gasteiger partial charge >= 0.3 is 0 Å². The molecule has 27 heavy (non-hydrogen) atoms. The van der Waals surface area contributed by atoms with Gasteiger partial charge in [-0.05, 0) is 46.5 Å². The SMILES string of the molecule is NCc1cc(F)c(OCc2ccc(-c3cc(F)c(F)c(F)c3)cc2)c(F)c1. The van der Waals surface area contributed by atoms with E-state index in [1.807, 2.05) is 0 Å². The van der Waals surface area contributed by atoms with Crippen molar-refractivity contribution in [2.45, 2.75) is 13.2 Å². The highest BCUT2D eigenvalue weighted by Gasteiger charge is 2.14. The van der Waals surface area contributed by atoms with Crippen LogP contribution in [0, 0.1) is 29.1 Å². The molecule has 0 aliphatic rings. The van der Waals surface area contributed by atoms with Crippen molar-refractivity contribution in [3.05, 3.63) is 88.7 Å². The zero-order chi connectivity index (χ0) is 19.6. The second-order valence-corrected chi connectivity index (χ2v) is 5.83. The van der Waals surface area contributed by atoms with Crippen LogP contribution in [0.3, 0.4) is 0 Å². The Morgan fingerprint density at radius 1 is 0.667 bits per heavy atom. The monoisotopic (exact) mass is 379 g/mol. The Morgan fingerprint density at radius 3 is 1.74 bits per heavy atom. The minimum atomic E-state index is -1.53. The molecule has 0 heterocycles. The van der Waals surface area contributed by atoms with E-state index in [1.54, 1.807) is 12.1 Å². The van der Waals surface area contributed by atoms with Gasteiger partial charge < -0.3 is 10.5 Å². The Morgan fingerprint density at radius 2 is 1.22 bits per heavy atom. The molecule has 0 atom stereocenters. The van der Waals surface area contributed by atoms with Crippen LogP contribution in [-0.4, -0.2) is 0 Å². The van der Waals surface area contributed by atoms with Crippen LogP contribution in [0.2, 0.25) is 0 Å². The third kappa shape index (κ3) is 4.09. The molecule has 0 aliphatic heterocycles. The summed E-state index contributed by atoms with van der Waals surface area (Å²) < 4.78 is 72.6. The van der Waals surface area contributed by atoms with E-state index >= 15 is 0 Å². The van der Waals surface area contributed by atoms with Crippen LogP contribution in [0.4, 0.5) is 22.0 Å². The predicted octanol–water partition coefficient (Wildman–Crippen LogP) is 5.09. The summed E-state index contributed by atoms with van der Waals surface area (Å²) in [6.07, 6.45) is 0. The summed E-state index contributed by atoms with van der Waals surface area (Å²) in [5.74, 6) is -6.34. The van der Waals surface area contributed by atoms with E-state index in [1.165, 1.54) is 12.1 Å². The number of hydrogen-bond acceptors (Lipinski definition) is 2. The first kappa shape index (κ1) is 18.8. The summed E-state index contributed by atoms with van der Waals surface area (Å²) in [6.45, 7) is -0.123. The Balaban J connectivity index is 1.75. The van der Waals surface area contributed by atoms with Gasteiger partial charge in [0.1, 0.15) is 6.61 Å². The lowest BCUT2D eigenvalue weighted by Crippen LogP contribution is -2.03. The van der Waals surface area contributed by atoms with E-state index in [0.29, 0.717) is 16.7 Å². The summed E-state index contributed by atoms with van der Waals surface area (Å²) in [5.41, 5.74) is 6.83. The number of ether oxygens (including phenoxy) is 1. The first-order chi connectivity index (χ1) is 12.9. The molecule has 2 N–H and O–H groups in total. The van der Waals surface area contributed by atoms with Crippen molar-refractivity contribution in [1.82, 2.24) is 0 Å². The Kier molecular flexibility index (Phi) is 5.41. The molecule has 0 spiro atoms. The van der Waals surface area contributed by atoms with Crippen molar-refractivity contribution < 1.29 is 26.7 Å². The van der Waals surface area contributed by atoms with Crippen LogP contribution in [-0.2, 0) is 13.2 Å². The van der Waals surface area contributed by atoms with Crippen molar-refractivity contribution in [2.75, 3.05) is 0 Å². The van der Waals surface area contributed by atoms with Gasteiger partial charge in [0, 0.05) is 6.54 Å². The van der Waals surface area contributed by atoms with E-state index < -0.39 is 34.8 Å². The van der Waals surface area contributed by atoms with Crippen LogP contribution < -0.4 is 10.5 Å². The normalized spacial score (nSPS) is 10.9. The Bertz CT molecular complexity index is 927. The van der Waals surface area contributed by atoms with Crippen LogP contribution >= 0.6 is 0 Å². The van der Waals surface area contributed by atoms with Crippen molar-refractivity contribution in [3.8, 4) is 16.9 Å². The zero-order valence-corrected chi connectivity index (χ0v) is 13.9. The highest BCUT2D eigenvalue weighted by Crippen LogP contribution is 2.26. The summed E-state index contributed by atoms with van der Waals surface area (Å²) in [4.78, 5) is 0. The van der Waals surface area contributed by atoms with Crippen molar-refractivity contribution in [2.24, 2.45) is 5.73 Å². The van der Waals surface area contributed by atoms with Crippen molar-refractivity contribution >= 4 is 0 Å².